The topological polar surface area (TPSA) is 60.2 Å². The van der Waals surface area contributed by atoms with Crippen LogP contribution in [0.25, 0.3) is 10.9 Å². The summed E-state index contributed by atoms with van der Waals surface area (Å²) in [5.74, 6) is 0.831. The lowest BCUT2D eigenvalue weighted by molar-refractivity contribution is 0.343. The lowest BCUT2D eigenvalue weighted by Crippen LogP contribution is -2.08. The van der Waals surface area contributed by atoms with Gasteiger partial charge in [-0.3, -0.25) is 4.98 Å². The van der Waals surface area contributed by atoms with Crippen LogP contribution in [-0.2, 0) is 0 Å². The van der Waals surface area contributed by atoms with Crippen LogP contribution in [-0.4, -0.2) is 24.7 Å². The number of benzene rings is 1. The highest BCUT2D eigenvalue weighted by atomic mass is 16.5. The molecule has 2 aromatic rings. The van der Waals surface area contributed by atoms with Crippen molar-refractivity contribution in [2.45, 2.75) is 13.3 Å². The van der Waals surface area contributed by atoms with Crippen molar-refractivity contribution in [2.24, 2.45) is 5.73 Å². The molecule has 3 N–H and O–H groups in total. The van der Waals surface area contributed by atoms with E-state index in [1.54, 1.807) is 6.20 Å². The average Bonchev–Trinajstić information content (AvgIpc) is 2.40. The van der Waals surface area contributed by atoms with E-state index in [0.29, 0.717) is 13.2 Å². The van der Waals surface area contributed by atoms with Crippen LogP contribution in [0, 0.1) is 0 Å². The molecule has 0 fully saturated rings. The fourth-order valence-electron chi connectivity index (χ4n) is 1.90. The normalized spacial score (nSPS) is 10.6. The van der Waals surface area contributed by atoms with E-state index in [1.165, 1.54) is 0 Å². The van der Waals surface area contributed by atoms with E-state index in [4.69, 9.17) is 10.5 Å². The molecular weight excluding hydrogens is 226 g/mol. The summed E-state index contributed by atoms with van der Waals surface area (Å²) in [5.41, 5.74) is 7.48. The minimum absolute atomic E-state index is 0.644. The van der Waals surface area contributed by atoms with Crippen molar-refractivity contribution in [3.63, 3.8) is 0 Å². The van der Waals surface area contributed by atoms with Gasteiger partial charge in [-0.05, 0) is 32.0 Å². The molecule has 1 aromatic carbocycles. The van der Waals surface area contributed by atoms with Crippen molar-refractivity contribution in [3.05, 3.63) is 30.5 Å². The number of fused-ring (bicyclic) bond motifs is 1. The van der Waals surface area contributed by atoms with Crippen LogP contribution in [0.5, 0.6) is 5.75 Å². The summed E-state index contributed by atoms with van der Waals surface area (Å²) in [6.45, 7) is 4.18. The monoisotopic (exact) mass is 245 g/mol. The number of anilines is 1. The van der Waals surface area contributed by atoms with Crippen molar-refractivity contribution >= 4 is 16.6 Å². The zero-order chi connectivity index (χ0) is 12.8. The number of hydrogen-bond acceptors (Lipinski definition) is 4. The molecule has 0 saturated carbocycles. The fourth-order valence-corrected chi connectivity index (χ4v) is 1.90. The lowest BCUT2D eigenvalue weighted by Gasteiger charge is -2.11. The number of ether oxygens (including phenoxy) is 1. The smallest absolute Gasteiger partial charge is 0.145 e. The van der Waals surface area contributed by atoms with Crippen LogP contribution in [0.3, 0.4) is 0 Å². The van der Waals surface area contributed by atoms with Gasteiger partial charge in [0.25, 0.3) is 0 Å². The highest BCUT2D eigenvalue weighted by Crippen LogP contribution is 2.28. The molecule has 0 unspecified atom stereocenters. The fraction of sp³-hybridized carbons (Fsp3) is 0.357. The Morgan fingerprint density at radius 3 is 3.00 bits per heavy atom. The standard InChI is InChI=1S/C14H19N3O/c1-2-18-13-6-3-5-11-12(16-9-4-8-15)7-10-17-14(11)13/h3,5-7,10H,2,4,8-9,15H2,1H3,(H,16,17). The van der Waals surface area contributed by atoms with Gasteiger partial charge < -0.3 is 15.8 Å². The second kappa shape index (κ2) is 6.21. The van der Waals surface area contributed by atoms with Gasteiger partial charge in [-0.2, -0.15) is 0 Å². The Morgan fingerprint density at radius 2 is 2.22 bits per heavy atom. The molecule has 1 heterocycles. The number of nitrogens with zero attached hydrogens (tertiary/aromatic N) is 1. The highest BCUT2D eigenvalue weighted by molar-refractivity contribution is 5.94. The predicted molar refractivity (Wildman–Crippen MR) is 75.1 cm³/mol. The SMILES string of the molecule is CCOc1cccc2c(NCCCN)ccnc12. The molecule has 4 heteroatoms. The highest BCUT2D eigenvalue weighted by Gasteiger charge is 2.06. The molecule has 0 atom stereocenters. The summed E-state index contributed by atoms with van der Waals surface area (Å²) < 4.78 is 5.59. The van der Waals surface area contributed by atoms with E-state index in [2.05, 4.69) is 16.4 Å². The van der Waals surface area contributed by atoms with E-state index in [9.17, 15) is 0 Å². The minimum Gasteiger partial charge on any atom is -0.492 e. The van der Waals surface area contributed by atoms with Crippen LogP contribution in [0.15, 0.2) is 30.5 Å². The minimum atomic E-state index is 0.644. The van der Waals surface area contributed by atoms with E-state index in [1.807, 2.05) is 25.1 Å². The number of para-hydroxylation sites is 1. The molecule has 1 aromatic heterocycles. The Kier molecular flexibility index (Phi) is 4.36. The summed E-state index contributed by atoms with van der Waals surface area (Å²) in [6, 6.07) is 7.97. The molecule has 2 rings (SSSR count). The van der Waals surface area contributed by atoms with Crippen molar-refractivity contribution in [2.75, 3.05) is 25.0 Å². The Morgan fingerprint density at radius 1 is 1.33 bits per heavy atom. The van der Waals surface area contributed by atoms with Crippen LogP contribution in [0.1, 0.15) is 13.3 Å². The Bertz CT molecular complexity index is 513. The van der Waals surface area contributed by atoms with E-state index in [-0.39, 0.29) is 0 Å². The number of rotatable bonds is 6. The number of nitrogens with one attached hydrogen (secondary N) is 1. The maximum Gasteiger partial charge on any atom is 0.145 e. The van der Waals surface area contributed by atoms with Gasteiger partial charge in [0, 0.05) is 23.8 Å². The molecule has 0 aliphatic carbocycles. The summed E-state index contributed by atoms with van der Waals surface area (Å²) in [4.78, 5) is 4.40. The van der Waals surface area contributed by atoms with Gasteiger partial charge in [0.2, 0.25) is 0 Å². The third-order valence-electron chi connectivity index (χ3n) is 2.73. The van der Waals surface area contributed by atoms with Gasteiger partial charge >= 0.3 is 0 Å². The molecule has 4 nitrogen and oxygen atoms in total. The van der Waals surface area contributed by atoms with Crippen molar-refractivity contribution in [1.29, 1.82) is 0 Å². The van der Waals surface area contributed by atoms with Crippen molar-refractivity contribution < 1.29 is 4.74 Å². The van der Waals surface area contributed by atoms with E-state index in [0.717, 1.165) is 35.3 Å². The first-order valence-electron chi connectivity index (χ1n) is 6.31. The molecule has 0 spiro atoms. The van der Waals surface area contributed by atoms with Gasteiger partial charge in [-0.1, -0.05) is 12.1 Å². The van der Waals surface area contributed by atoms with Gasteiger partial charge in [-0.25, -0.2) is 0 Å². The number of aromatic nitrogens is 1. The van der Waals surface area contributed by atoms with E-state index >= 15 is 0 Å². The van der Waals surface area contributed by atoms with Crippen molar-refractivity contribution in [3.8, 4) is 5.75 Å². The molecule has 18 heavy (non-hydrogen) atoms. The molecule has 0 aliphatic rings. The molecule has 0 amide bonds. The van der Waals surface area contributed by atoms with Gasteiger partial charge in [-0.15, -0.1) is 0 Å². The maximum absolute atomic E-state index is 5.59. The predicted octanol–water partition coefficient (Wildman–Crippen LogP) is 2.39. The van der Waals surface area contributed by atoms with Crippen LogP contribution in [0.2, 0.25) is 0 Å². The molecule has 0 radical (unpaired) electrons. The molecule has 0 bridgehead atoms. The second-order valence-corrected chi connectivity index (χ2v) is 4.01. The average molecular weight is 245 g/mol. The Hall–Kier alpha value is -1.81. The zero-order valence-corrected chi connectivity index (χ0v) is 10.6. The first-order chi connectivity index (χ1) is 8.86. The number of nitrogens with two attached hydrogens (primary N) is 1. The summed E-state index contributed by atoms with van der Waals surface area (Å²) >= 11 is 0. The quantitative estimate of drug-likeness (QED) is 0.767. The van der Waals surface area contributed by atoms with Gasteiger partial charge in [0.05, 0.1) is 6.61 Å². The Labute approximate surface area is 107 Å². The molecule has 0 saturated heterocycles. The first-order valence-corrected chi connectivity index (χ1v) is 6.31. The van der Waals surface area contributed by atoms with Crippen LogP contribution < -0.4 is 15.8 Å². The van der Waals surface area contributed by atoms with Crippen molar-refractivity contribution in [1.82, 2.24) is 4.98 Å². The largest absolute Gasteiger partial charge is 0.492 e. The van der Waals surface area contributed by atoms with Gasteiger partial charge in [0.1, 0.15) is 11.3 Å². The Balaban J connectivity index is 2.34. The number of pyridine rings is 1. The molecular formula is C14H19N3O. The first kappa shape index (κ1) is 12.6. The summed E-state index contributed by atoms with van der Waals surface area (Å²) in [5, 5.41) is 4.47. The second-order valence-electron chi connectivity index (χ2n) is 4.01. The van der Waals surface area contributed by atoms with E-state index < -0.39 is 0 Å². The summed E-state index contributed by atoms with van der Waals surface area (Å²) in [6.07, 6.45) is 2.75. The third kappa shape index (κ3) is 2.71. The van der Waals surface area contributed by atoms with Crippen LogP contribution in [0.4, 0.5) is 5.69 Å². The zero-order valence-electron chi connectivity index (χ0n) is 10.6. The molecule has 0 aliphatic heterocycles. The number of hydrogen-bond donors (Lipinski definition) is 2. The third-order valence-corrected chi connectivity index (χ3v) is 2.73. The lowest BCUT2D eigenvalue weighted by atomic mass is 10.1. The summed E-state index contributed by atoms with van der Waals surface area (Å²) in [7, 11) is 0. The van der Waals surface area contributed by atoms with Gasteiger partial charge in [0.15, 0.2) is 0 Å². The molecule has 96 valence electrons. The maximum atomic E-state index is 5.59. The van der Waals surface area contributed by atoms with Crippen LogP contribution >= 0.6 is 0 Å².